The minimum Gasteiger partial charge on any atom is -0.480 e. The highest BCUT2D eigenvalue weighted by molar-refractivity contribution is 5.68. The van der Waals surface area contributed by atoms with E-state index in [4.69, 9.17) is 9.84 Å². The summed E-state index contributed by atoms with van der Waals surface area (Å²) in [5.74, 6) is -1.12. The van der Waals surface area contributed by atoms with Crippen molar-refractivity contribution in [2.45, 2.75) is 38.3 Å². The fourth-order valence-electron chi connectivity index (χ4n) is 2.76. The van der Waals surface area contributed by atoms with Gasteiger partial charge in [0.25, 0.3) is 0 Å². The summed E-state index contributed by atoms with van der Waals surface area (Å²) in [6.45, 7) is 3.77. The molecule has 0 amide bonds. The third-order valence-electron chi connectivity index (χ3n) is 3.99. The number of benzene rings is 1. The van der Waals surface area contributed by atoms with Crippen molar-refractivity contribution in [2.24, 2.45) is 0 Å². The normalized spacial score (nSPS) is 18.6. The molecule has 4 nitrogen and oxygen atoms in total. The Morgan fingerprint density at radius 1 is 1.38 bits per heavy atom. The fourth-order valence-corrected chi connectivity index (χ4v) is 2.76. The average Bonchev–Trinajstić information content (AvgIpc) is 2.48. The van der Waals surface area contributed by atoms with E-state index in [1.54, 1.807) is 0 Å². The predicted molar refractivity (Wildman–Crippen MR) is 77.7 cm³/mol. The van der Waals surface area contributed by atoms with E-state index in [2.05, 4.69) is 11.8 Å². The summed E-state index contributed by atoms with van der Waals surface area (Å²) in [5.41, 5.74) is 1.13. The number of carbonyl (C=O) groups is 1. The molecule has 1 fully saturated rings. The van der Waals surface area contributed by atoms with Crippen LogP contribution in [0, 0.1) is 5.82 Å². The molecule has 5 heteroatoms. The summed E-state index contributed by atoms with van der Waals surface area (Å²) in [6, 6.07) is 7.03. The van der Waals surface area contributed by atoms with Crippen molar-refractivity contribution in [1.29, 1.82) is 0 Å². The number of aliphatic carboxylic acids is 1. The number of carboxylic acid groups (broad SMARTS) is 1. The van der Waals surface area contributed by atoms with Crippen molar-refractivity contribution in [3.63, 3.8) is 0 Å². The van der Waals surface area contributed by atoms with Crippen LogP contribution >= 0.6 is 0 Å². The lowest BCUT2D eigenvalue weighted by Crippen LogP contribution is -2.43. The SMILES string of the molecule is CC(Cc1ccc(F)cc1)N1CCC(OCC(=O)O)CC1. The molecule has 0 aromatic heterocycles. The first-order valence-corrected chi connectivity index (χ1v) is 7.36. The second-order valence-corrected chi connectivity index (χ2v) is 5.62. The number of carboxylic acids is 1. The maximum absolute atomic E-state index is 12.9. The number of ether oxygens (including phenoxy) is 1. The van der Waals surface area contributed by atoms with Crippen LogP contribution in [0.3, 0.4) is 0 Å². The second-order valence-electron chi connectivity index (χ2n) is 5.62. The molecule has 0 aliphatic carbocycles. The lowest BCUT2D eigenvalue weighted by molar-refractivity contribution is -0.145. The minimum atomic E-state index is -0.915. The topological polar surface area (TPSA) is 49.8 Å². The molecule has 1 aromatic rings. The van der Waals surface area contributed by atoms with E-state index in [1.165, 1.54) is 12.1 Å². The summed E-state index contributed by atoms with van der Waals surface area (Å²) < 4.78 is 18.2. The summed E-state index contributed by atoms with van der Waals surface area (Å²) in [7, 11) is 0. The zero-order chi connectivity index (χ0) is 15.2. The Balaban J connectivity index is 1.76. The van der Waals surface area contributed by atoms with Crippen LogP contribution in [-0.2, 0) is 16.0 Å². The van der Waals surface area contributed by atoms with Gasteiger partial charge in [-0.1, -0.05) is 12.1 Å². The van der Waals surface area contributed by atoms with Crippen LogP contribution in [0.25, 0.3) is 0 Å². The first kappa shape index (κ1) is 15.9. The summed E-state index contributed by atoms with van der Waals surface area (Å²) in [5, 5.41) is 8.61. The number of likely N-dealkylation sites (tertiary alicyclic amines) is 1. The molecule has 2 rings (SSSR count). The largest absolute Gasteiger partial charge is 0.480 e. The van der Waals surface area contributed by atoms with Crippen LogP contribution < -0.4 is 0 Å². The third kappa shape index (κ3) is 5.10. The number of rotatable bonds is 6. The molecule has 0 bridgehead atoms. The molecule has 0 spiro atoms. The van der Waals surface area contributed by atoms with E-state index in [-0.39, 0.29) is 18.5 Å². The first-order chi connectivity index (χ1) is 10.0. The first-order valence-electron chi connectivity index (χ1n) is 7.36. The number of nitrogens with zero attached hydrogens (tertiary/aromatic N) is 1. The lowest BCUT2D eigenvalue weighted by atomic mass is 10.0. The Morgan fingerprint density at radius 3 is 2.57 bits per heavy atom. The zero-order valence-electron chi connectivity index (χ0n) is 12.3. The van der Waals surface area contributed by atoms with Crippen molar-refractivity contribution >= 4 is 5.97 Å². The summed E-state index contributed by atoms with van der Waals surface area (Å²) in [6.07, 6.45) is 2.67. The number of hydrogen-bond donors (Lipinski definition) is 1. The quantitative estimate of drug-likeness (QED) is 0.875. The Bertz CT molecular complexity index is 455. The van der Waals surface area contributed by atoms with Gasteiger partial charge in [-0.15, -0.1) is 0 Å². The number of piperidine rings is 1. The molecular weight excluding hydrogens is 273 g/mol. The van der Waals surface area contributed by atoms with Gasteiger partial charge in [0.2, 0.25) is 0 Å². The van der Waals surface area contributed by atoms with Gasteiger partial charge in [-0.25, -0.2) is 9.18 Å². The van der Waals surface area contributed by atoms with Gasteiger partial charge in [-0.05, 0) is 43.9 Å². The maximum atomic E-state index is 12.9. The van der Waals surface area contributed by atoms with Crippen LogP contribution in [0.1, 0.15) is 25.3 Å². The molecule has 0 radical (unpaired) electrons. The molecule has 1 aliphatic heterocycles. The second kappa shape index (κ2) is 7.52. The van der Waals surface area contributed by atoms with Crippen LogP contribution in [-0.4, -0.2) is 47.8 Å². The van der Waals surface area contributed by atoms with Gasteiger partial charge < -0.3 is 14.7 Å². The van der Waals surface area contributed by atoms with Crippen molar-refractivity contribution in [2.75, 3.05) is 19.7 Å². The molecule has 1 aliphatic rings. The molecule has 1 N–H and O–H groups in total. The third-order valence-corrected chi connectivity index (χ3v) is 3.99. The summed E-state index contributed by atoms with van der Waals surface area (Å²) in [4.78, 5) is 12.9. The van der Waals surface area contributed by atoms with E-state index in [0.717, 1.165) is 37.9 Å². The van der Waals surface area contributed by atoms with Gasteiger partial charge in [-0.2, -0.15) is 0 Å². The van der Waals surface area contributed by atoms with Gasteiger partial charge >= 0.3 is 5.97 Å². The predicted octanol–water partition coefficient (Wildman–Crippen LogP) is 2.32. The van der Waals surface area contributed by atoms with Gasteiger partial charge in [0.1, 0.15) is 12.4 Å². The molecule has 1 aromatic carbocycles. The van der Waals surface area contributed by atoms with E-state index >= 15 is 0 Å². The minimum absolute atomic E-state index is 0.0513. The van der Waals surface area contributed by atoms with E-state index in [9.17, 15) is 9.18 Å². The van der Waals surface area contributed by atoms with E-state index in [1.807, 2.05) is 12.1 Å². The van der Waals surface area contributed by atoms with Crippen LogP contribution in [0.5, 0.6) is 0 Å². The lowest BCUT2D eigenvalue weighted by Gasteiger charge is -2.35. The highest BCUT2D eigenvalue weighted by Gasteiger charge is 2.23. The van der Waals surface area contributed by atoms with E-state index < -0.39 is 5.97 Å². The van der Waals surface area contributed by atoms with Crippen LogP contribution in [0.4, 0.5) is 4.39 Å². The molecule has 1 unspecified atom stereocenters. The number of halogens is 1. The molecule has 1 atom stereocenters. The average molecular weight is 295 g/mol. The van der Waals surface area contributed by atoms with Crippen LogP contribution in [0.2, 0.25) is 0 Å². The maximum Gasteiger partial charge on any atom is 0.329 e. The standard InChI is InChI=1S/C16H22FNO3/c1-12(10-13-2-4-14(17)5-3-13)18-8-6-15(7-9-18)21-11-16(19)20/h2-5,12,15H,6-11H2,1H3,(H,19,20). The van der Waals surface area contributed by atoms with Gasteiger partial charge in [0, 0.05) is 19.1 Å². The smallest absolute Gasteiger partial charge is 0.329 e. The molecular formula is C16H22FNO3. The molecule has 0 saturated carbocycles. The Kier molecular flexibility index (Phi) is 5.70. The zero-order valence-corrected chi connectivity index (χ0v) is 12.3. The fraction of sp³-hybridized carbons (Fsp3) is 0.562. The van der Waals surface area contributed by atoms with Crippen molar-refractivity contribution in [3.05, 3.63) is 35.6 Å². The molecule has 116 valence electrons. The van der Waals surface area contributed by atoms with E-state index in [0.29, 0.717) is 6.04 Å². The van der Waals surface area contributed by atoms with Crippen molar-refractivity contribution in [3.8, 4) is 0 Å². The Hall–Kier alpha value is -1.46. The number of hydrogen-bond acceptors (Lipinski definition) is 3. The van der Waals surface area contributed by atoms with Crippen molar-refractivity contribution in [1.82, 2.24) is 4.90 Å². The van der Waals surface area contributed by atoms with Gasteiger partial charge in [0.05, 0.1) is 6.10 Å². The van der Waals surface area contributed by atoms with Gasteiger partial charge in [0.15, 0.2) is 0 Å². The van der Waals surface area contributed by atoms with Gasteiger partial charge in [-0.3, -0.25) is 0 Å². The highest BCUT2D eigenvalue weighted by Crippen LogP contribution is 2.18. The highest BCUT2D eigenvalue weighted by atomic mass is 19.1. The van der Waals surface area contributed by atoms with Crippen molar-refractivity contribution < 1.29 is 19.0 Å². The molecule has 1 saturated heterocycles. The summed E-state index contributed by atoms with van der Waals surface area (Å²) >= 11 is 0. The monoisotopic (exact) mass is 295 g/mol. The molecule has 1 heterocycles. The Labute approximate surface area is 124 Å². The Morgan fingerprint density at radius 2 is 2.00 bits per heavy atom. The molecule has 21 heavy (non-hydrogen) atoms. The van der Waals surface area contributed by atoms with Crippen LogP contribution in [0.15, 0.2) is 24.3 Å².